The Kier molecular flexibility index (Phi) is 1.89. The van der Waals surface area contributed by atoms with Crippen LogP contribution < -0.4 is 5.73 Å². The van der Waals surface area contributed by atoms with Crippen molar-refractivity contribution in [3.63, 3.8) is 0 Å². The van der Waals surface area contributed by atoms with Crippen LogP contribution in [0.5, 0.6) is 0 Å². The number of halogens is 2. The lowest BCUT2D eigenvalue weighted by Crippen LogP contribution is -2.56. The lowest BCUT2D eigenvalue weighted by atomic mass is 9.72. The van der Waals surface area contributed by atoms with Crippen molar-refractivity contribution in [2.75, 3.05) is 0 Å². The summed E-state index contributed by atoms with van der Waals surface area (Å²) in [6, 6.07) is 0. The molecule has 1 aromatic heterocycles. The highest BCUT2D eigenvalue weighted by Crippen LogP contribution is 2.49. The molecule has 0 saturated heterocycles. The Morgan fingerprint density at radius 3 is 2.71 bits per heavy atom. The van der Waals surface area contributed by atoms with Crippen LogP contribution in [0.1, 0.15) is 25.5 Å². The first-order valence-corrected chi connectivity index (χ1v) is 4.64. The van der Waals surface area contributed by atoms with Crippen LogP contribution in [0.2, 0.25) is 0 Å². The fourth-order valence-electron chi connectivity index (χ4n) is 2.04. The molecule has 0 radical (unpaired) electrons. The van der Waals surface area contributed by atoms with E-state index in [0.29, 0.717) is 12.2 Å². The molecule has 78 valence electrons. The van der Waals surface area contributed by atoms with Crippen molar-refractivity contribution in [1.29, 1.82) is 0 Å². The fraction of sp³-hybridized carbons (Fsp3) is 0.667. The summed E-state index contributed by atoms with van der Waals surface area (Å²) in [7, 11) is 0. The largest absolute Gasteiger partial charge is 0.333 e. The molecule has 3 nitrogen and oxygen atoms in total. The maximum atomic E-state index is 12.8. The number of nitrogens with two attached hydrogens (primary N) is 1. The zero-order valence-electron chi connectivity index (χ0n) is 8.00. The molecular formula is C9H13F2N3. The van der Waals surface area contributed by atoms with Gasteiger partial charge >= 0.3 is 0 Å². The van der Waals surface area contributed by atoms with Crippen LogP contribution in [-0.4, -0.2) is 15.5 Å². The molecule has 5 heteroatoms. The molecule has 1 aromatic rings. The average molecular weight is 201 g/mol. The number of nitrogens with zero attached hydrogens (tertiary/aromatic N) is 2. The van der Waals surface area contributed by atoms with Gasteiger partial charge in [0.15, 0.2) is 0 Å². The summed E-state index contributed by atoms with van der Waals surface area (Å²) >= 11 is 0. The lowest BCUT2D eigenvalue weighted by Gasteiger charge is -2.44. The molecule has 14 heavy (non-hydrogen) atoms. The summed E-state index contributed by atoms with van der Waals surface area (Å²) in [5.41, 5.74) is 5.71. The Morgan fingerprint density at radius 1 is 1.57 bits per heavy atom. The third-order valence-electron chi connectivity index (χ3n) is 2.71. The maximum Gasteiger partial charge on any atom is 0.252 e. The molecule has 1 fully saturated rings. The van der Waals surface area contributed by atoms with E-state index in [-0.39, 0.29) is 12.8 Å². The van der Waals surface area contributed by atoms with Crippen LogP contribution in [0.15, 0.2) is 12.5 Å². The zero-order valence-corrected chi connectivity index (χ0v) is 8.00. The number of aryl methyl sites for hydroxylation is 1. The summed E-state index contributed by atoms with van der Waals surface area (Å²) in [5.74, 6) is -2.60. The van der Waals surface area contributed by atoms with Crippen molar-refractivity contribution in [2.45, 2.75) is 37.8 Å². The van der Waals surface area contributed by atoms with Gasteiger partial charge in [-0.3, -0.25) is 0 Å². The normalized spacial score (nSPS) is 23.1. The predicted octanol–water partition coefficient (Wildman–Crippen LogP) is 1.49. The van der Waals surface area contributed by atoms with Gasteiger partial charge in [0.2, 0.25) is 0 Å². The van der Waals surface area contributed by atoms with E-state index in [1.807, 2.05) is 11.5 Å². The van der Waals surface area contributed by atoms with Gasteiger partial charge in [-0.1, -0.05) is 0 Å². The van der Waals surface area contributed by atoms with Gasteiger partial charge in [-0.05, 0) is 6.92 Å². The first kappa shape index (κ1) is 9.58. The number of hydrogen-bond donors (Lipinski definition) is 1. The highest BCUT2D eigenvalue weighted by atomic mass is 19.3. The van der Waals surface area contributed by atoms with E-state index in [4.69, 9.17) is 5.73 Å². The Bertz CT molecular complexity index is 338. The van der Waals surface area contributed by atoms with Crippen molar-refractivity contribution in [2.24, 2.45) is 5.73 Å². The Morgan fingerprint density at radius 2 is 2.21 bits per heavy atom. The molecule has 0 amide bonds. The maximum absolute atomic E-state index is 12.8. The quantitative estimate of drug-likeness (QED) is 0.787. The molecule has 1 aliphatic rings. The smallest absolute Gasteiger partial charge is 0.252 e. The minimum absolute atomic E-state index is 0.272. The van der Waals surface area contributed by atoms with E-state index in [1.54, 1.807) is 12.5 Å². The van der Waals surface area contributed by atoms with Crippen molar-refractivity contribution in [1.82, 2.24) is 9.55 Å². The van der Waals surface area contributed by atoms with E-state index < -0.39 is 11.5 Å². The first-order valence-electron chi connectivity index (χ1n) is 4.64. The summed E-state index contributed by atoms with van der Waals surface area (Å²) in [6.45, 7) is 2.64. The average Bonchev–Trinajstić information content (AvgIpc) is 2.47. The SMILES string of the molecule is CCn1cncc1C1(N)CC(F)(F)C1. The minimum atomic E-state index is -2.60. The van der Waals surface area contributed by atoms with Crippen molar-refractivity contribution >= 4 is 0 Å². The molecule has 2 N–H and O–H groups in total. The van der Waals surface area contributed by atoms with Gasteiger partial charge in [0.25, 0.3) is 5.92 Å². The predicted molar refractivity (Wildman–Crippen MR) is 47.9 cm³/mol. The molecule has 0 unspecified atom stereocenters. The Balaban J connectivity index is 2.24. The molecule has 0 atom stereocenters. The fourth-order valence-corrected chi connectivity index (χ4v) is 2.04. The van der Waals surface area contributed by atoms with E-state index in [2.05, 4.69) is 4.98 Å². The summed E-state index contributed by atoms with van der Waals surface area (Å²) in [4.78, 5) is 3.93. The zero-order chi connectivity index (χ0) is 10.4. The van der Waals surface area contributed by atoms with E-state index in [9.17, 15) is 8.78 Å². The first-order chi connectivity index (χ1) is 6.47. The van der Waals surface area contributed by atoms with Crippen LogP contribution in [0.3, 0.4) is 0 Å². The highest BCUT2D eigenvalue weighted by Gasteiger charge is 2.56. The number of rotatable bonds is 2. The van der Waals surface area contributed by atoms with E-state index in [1.165, 1.54) is 0 Å². The summed E-state index contributed by atoms with van der Waals surface area (Å²) < 4.78 is 27.3. The van der Waals surface area contributed by atoms with Gasteiger partial charge in [0.1, 0.15) is 0 Å². The van der Waals surface area contributed by atoms with Crippen molar-refractivity contribution < 1.29 is 8.78 Å². The third-order valence-corrected chi connectivity index (χ3v) is 2.71. The van der Waals surface area contributed by atoms with E-state index >= 15 is 0 Å². The van der Waals surface area contributed by atoms with Gasteiger partial charge in [-0.25, -0.2) is 13.8 Å². The lowest BCUT2D eigenvalue weighted by molar-refractivity contribution is -0.127. The minimum Gasteiger partial charge on any atom is -0.333 e. The molecule has 0 aromatic carbocycles. The van der Waals surface area contributed by atoms with Crippen LogP contribution in [0, 0.1) is 0 Å². The molecule has 0 spiro atoms. The molecule has 1 aliphatic carbocycles. The van der Waals surface area contributed by atoms with Crippen molar-refractivity contribution in [3.05, 3.63) is 18.2 Å². The van der Waals surface area contributed by atoms with Crippen LogP contribution in [0.4, 0.5) is 8.78 Å². The molecule has 2 rings (SSSR count). The number of alkyl halides is 2. The second-order valence-corrected chi connectivity index (χ2v) is 3.93. The number of aromatic nitrogens is 2. The third kappa shape index (κ3) is 1.32. The second-order valence-electron chi connectivity index (χ2n) is 3.93. The van der Waals surface area contributed by atoms with Gasteiger partial charge in [-0.15, -0.1) is 0 Å². The van der Waals surface area contributed by atoms with Crippen LogP contribution in [0.25, 0.3) is 0 Å². The van der Waals surface area contributed by atoms with Gasteiger partial charge in [0, 0.05) is 19.4 Å². The van der Waals surface area contributed by atoms with E-state index in [0.717, 1.165) is 0 Å². The standard InChI is InChI=1S/C9H13F2N3/c1-2-14-6-13-3-7(14)8(12)4-9(10,11)5-8/h3,6H,2,4-5,12H2,1H3. The molecule has 0 aliphatic heterocycles. The Labute approximate surface area is 80.9 Å². The van der Waals surface area contributed by atoms with Crippen LogP contribution in [-0.2, 0) is 12.1 Å². The molecule has 0 bridgehead atoms. The molecule has 1 heterocycles. The van der Waals surface area contributed by atoms with Crippen molar-refractivity contribution in [3.8, 4) is 0 Å². The summed E-state index contributed by atoms with van der Waals surface area (Å²) in [6.07, 6.45) is 2.66. The highest BCUT2D eigenvalue weighted by molar-refractivity contribution is 5.20. The molecular weight excluding hydrogens is 188 g/mol. The Hall–Kier alpha value is -0.970. The van der Waals surface area contributed by atoms with Crippen LogP contribution >= 0.6 is 0 Å². The van der Waals surface area contributed by atoms with Gasteiger partial charge in [-0.2, -0.15) is 0 Å². The second kappa shape index (κ2) is 2.76. The number of imidazole rings is 1. The van der Waals surface area contributed by atoms with Gasteiger partial charge in [0.05, 0.1) is 23.8 Å². The topological polar surface area (TPSA) is 43.8 Å². The summed E-state index contributed by atoms with van der Waals surface area (Å²) in [5, 5.41) is 0. The number of hydrogen-bond acceptors (Lipinski definition) is 2. The molecule has 1 saturated carbocycles. The van der Waals surface area contributed by atoms with Gasteiger partial charge < -0.3 is 10.3 Å². The monoisotopic (exact) mass is 201 g/mol.